The lowest BCUT2D eigenvalue weighted by molar-refractivity contribution is -0.275. The van der Waals surface area contributed by atoms with Crippen LogP contribution in [0.1, 0.15) is 18.2 Å². The van der Waals surface area contributed by atoms with Gasteiger partial charge >= 0.3 is 12.3 Å². The van der Waals surface area contributed by atoms with Crippen molar-refractivity contribution in [2.24, 2.45) is 0 Å². The maximum absolute atomic E-state index is 12.4. The maximum atomic E-state index is 12.4. The summed E-state index contributed by atoms with van der Waals surface area (Å²) in [6.07, 6.45) is -3.97. The van der Waals surface area contributed by atoms with Crippen LogP contribution in [0.25, 0.3) is 0 Å². The molecule has 0 fully saturated rings. The van der Waals surface area contributed by atoms with Crippen LogP contribution in [0.3, 0.4) is 0 Å². The topological polar surface area (TPSA) is 48.4 Å². The van der Waals surface area contributed by atoms with Gasteiger partial charge in [0.25, 0.3) is 0 Å². The number of hydrogen-bond donors (Lipinski definition) is 0. The minimum atomic E-state index is -4.88. The fraction of sp³-hybridized carbons (Fsp3) is 0.455. The first-order valence-electron chi connectivity index (χ1n) is 5.42. The second-order valence-corrected chi connectivity index (χ2v) is 4.88. The highest BCUT2D eigenvalue weighted by atomic mass is 127. The van der Waals surface area contributed by atoms with Crippen molar-refractivity contribution >= 4 is 40.2 Å². The van der Waals surface area contributed by atoms with Crippen molar-refractivity contribution in [3.8, 4) is 5.75 Å². The van der Waals surface area contributed by atoms with Gasteiger partial charge in [-0.05, 0) is 29.5 Å². The molecule has 1 aromatic rings. The highest BCUT2D eigenvalue weighted by Crippen LogP contribution is 2.33. The smallest absolute Gasteiger partial charge is 0.466 e. The first-order valence-corrected chi connectivity index (χ1v) is 7.03. The Balaban J connectivity index is 3.15. The predicted octanol–water partition coefficient (Wildman–Crippen LogP) is 3.43. The SMILES string of the molecule is CCOC(=O)Cc1ncc(CCl)c(I)c1OC(F)(F)F. The average Bonchev–Trinajstić information content (AvgIpc) is 2.33. The van der Waals surface area contributed by atoms with Gasteiger partial charge in [0.15, 0.2) is 5.75 Å². The van der Waals surface area contributed by atoms with Gasteiger partial charge in [0.05, 0.1) is 28.2 Å². The largest absolute Gasteiger partial charge is 0.573 e. The molecule has 0 N–H and O–H groups in total. The molecule has 1 heterocycles. The number of carbonyl (C=O) groups is 1. The van der Waals surface area contributed by atoms with Gasteiger partial charge in [-0.2, -0.15) is 0 Å². The molecule has 0 amide bonds. The van der Waals surface area contributed by atoms with Crippen LogP contribution in [0, 0.1) is 3.57 Å². The minimum absolute atomic E-state index is 0.0147. The summed E-state index contributed by atoms with van der Waals surface area (Å²) in [5.41, 5.74) is 0.248. The van der Waals surface area contributed by atoms with E-state index < -0.39 is 24.5 Å². The van der Waals surface area contributed by atoms with Crippen LogP contribution in [-0.2, 0) is 21.8 Å². The molecule has 1 rings (SSSR count). The number of ether oxygens (including phenoxy) is 2. The Kier molecular flexibility index (Phi) is 6.31. The molecule has 0 spiro atoms. The quantitative estimate of drug-likeness (QED) is 0.414. The molecule has 0 aliphatic heterocycles. The van der Waals surface area contributed by atoms with Crippen molar-refractivity contribution in [2.45, 2.75) is 25.6 Å². The lowest BCUT2D eigenvalue weighted by Gasteiger charge is -2.15. The molecular weight excluding hydrogens is 413 g/mol. The monoisotopic (exact) mass is 423 g/mol. The molecule has 0 aromatic carbocycles. The van der Waals surface area contributed by atoms with Crippen molar-refractivity contribution in [1.29, 1.82) is 0 Å². The summed E-state index contributed by atoms with van der Waals surface area (Å²) >= 11 is 7.28. The zero-order chi connectivity index (χ0) is 15.3. The number of halogens is 5. The lowest BCUT2D eigenvalue weighted by atomic mass is 10.2. The second-order valence-electron chi connectivity index (χ2n) is 3.54. The minimum Gasteiger partial charge on any atom is -0.466 e. The number of aromatic nitrogens is 1. The molecule has 0 aliphatic rings. The third kappa shape index (κ3) is 4.97. The highest BCUT2D eigenvalue weighted by Gasteiger charge is 2.34. The second kappa shape index (κ2) is 7.30. The number of alkyl halides is 4. The molecule has 20 heavy (non-hydrogen) atoms. The summed E-state index contributed by atoms with van der Waals surface area (Å²) in [4.78, 5) is 15.2. The van der Waals surface area contributed by atoms with E-state index in [4.69, 9.17) is 11.6 Å². The van der Waals surface area contributed by atoms with Crippen LogP contribution in [-0.4, -0.2) is 23.9 Å². The summed E-state index contributed by atoms with van der Waals surface area (Å²) in [6, 6.07) is 0. The molecule has 112 valence electrons. The summed E-state index contributed by atoms with van der Waals surface area (Å²) < 4.78 is 46.1. The molecular formula is C11H10ClF3INO3. The van der Waals surface area contributed by atoms with E-state index >= 15 is 0 Å². The van der Waals surface area contributed by atoms with E-state index in [1.54, 1.807) is 29.5 Å². The van der Waals surface area contributed by atoms with Crippen LogP contribution >= 0.6 is 34.2 Å². The van der Waals surface area contributed by atoms with E-state index in [1.165, 1.54) is 6.20 Å². The van der Waals surface area contributed by atoms with E-state index in [2.05, 4.69) is 14.5 Å². The Morgan fingerprint density at radius 2 is 2.15 bits per heavy atom. The fourth-order valence-electron chi connectivity index (χ4n) is 1.33. The molecule has 4 nitrogen and oxygen atoms in total. The molecule has 0 unspecified atom stereocenters. The first kappa shape index (κ1) is 17.3. The predicted molar refractivity (Wildman–Crippen MR) is 73.5 cm³/mol. The van der Waals surface area contributed by atoms with Gasteiger partial charge in [-0.3, -0.25) is 9.78 Å². The van der Waals surface area contributed by atoms with Crippen molar-refractivity contribution < 1.29 is 27.4 Å². The number of pyridine rings is 1. The van der Waals surface area contributed by atoms with E-state index in [1.807, 2.05) is 0 Å². The van der Waals surface area contributed by atoms with Crippen molar-refractivity contribution in [3.63, 3.8) is 0 Å². The molecule has 0 aliphatic carbocycles. The molecule has 1 aromatic heterocycles. The van der Waals surface area contributed by atoms with Gasteiger partial charge < -0.3 is 9.47 Å². The van der Waals surface area contributed by atoms with Crippen LogP contribution in [0.2, 0.25) is 0 Å². The summed E-state index contributed by atoms with van der Waals surface area (Å²) in [6.45, 7) is 1.73. The van der Waals surface area contributed by atoms with Crippen molar-refractivity contribution in [1.82, 2.24) is 4.98 Å². The zero-order valence-corrected chi connectivity index (χ0v) is 13.2. The van der Waals surface area contributed by atoms with Crippen LogP contribution in [0.4, 0.5) is 13.2 Å². The van der Waals surface area contributed by atoms with Crippen molar-refractivity contribution in [2.75, 3.05) is 6.61 Å². The van der Waals surface area contributed by atoms with Gasteiger partial charge in [0.1, 0.15) is 0 Å². The molecule has 0 saturated carbocycles. The fourth-order valence-corrected chi connectivity index (χ4v) is 2.51. The number of rotatable bonds is 5. The Morgan fingerprint density at radius 3 is 2.65 bits per heavy atom. The van der Waals surface area contributed by atoms with E-state index in [0.717, 1.165) is 0 Å². The Morgan fingerprint density at radius 1 is 1.50 bits per heavy atom. The van der Waals surface area contributed by atoms with Gasteiger partial charge in [0.2, 0.25) is 0 Å². The van der Waals surface area contributed by atoms with Crippen LogP contribution in [0.15, 0.2) is 6.20 Å². The Hall–Kier alpha value is -0.770. The first-order chi connectivity index (χ1) is 9.28. The molecule has 0 saturated heterocycles. The van der Waals surface area contributed by atoms with Gasteiger partial charge in [-0.1, -0.05) is 0 Å². The maximum Gasteiger partial charge on any atom is 0.573 e. The summed E-state index contributed by atoms with van der Waals surface area (Å²) in [5.74, 6) is -1.20. The summed E-state index contributed by atoms with van der Waals surface area (Å²) in [5, 5.41) is 0. The van der Waals surface area contributed by atoms with Crippen LogP contribution in [0.5, 0.6) is 5.75 Å². The Bertz CT molecular complexity index is 497. The Labute approximate surface area is 131 Å². The van der Waals surface area contributed by atoms with E-state index in [-0.39, 0.29) is 21.8 Å². The number of hydrogen-bond acceptors (Lipinski definition) is 4. The van der Waals surface area contributed by atoms with Gasteiger partial charge in [-0.25, -0.2) is 0 Å². The number of carbonyl (C=O) groups excluding carboxylic acids is 1. The lowest BCUT2D eigenvalue weighted by Crippen LogP contribution is -2.21. The molecule has 0 atom stereocenters. The van der Waals surface area contributed by atoms with Crippen LogP contribution < -0.4 is 4.74 Å². The third-order valence-electron chi connectivity index (χ3n) is 2.10. The average molecular weight is 424 g/mol. The standard InChI is InChI=1S/C11H10ClF3INO3/c1-2-19-8(18)3-7-10(20-11(13,14)15)9(16)6(4-12)5-17-7/h5H,2-4H2,1H3. The molecule has 0 radical (unpaired) electrons. The molecule has 0 bridgehead atoms. The van der Waals surface area contributed by atoms with Gasteiger partial charge in [-0.15, -0.1) is 24.8 Å². The number of nitrogens with zero attached hydrogens (tertiary/aromatic N) is 1. The third-order valence-corrected chi connectivity index (χ3v) is 3.57. The van der Waals surface area contributed by atoms with Crippen molar-refractivity contribution in [3.05, 3.63) is 21.0 Å². The highest BCUT2D eigenvalue weighted by molar-refractivity contribution is 14.1. The normalized spacial score (nSPS) is 11.3. The zero-order valence-electron chi connectivity index (χ0n) is 10.3. The number of esters is 1. The van der Waals surface area contributed by atoms with E-state index in [9.17, 15) is 18.0 Å². The van der Waals surface area contributed by atoms with Gasteiger partial charge in [0, 0.05) is 11.8 Å². The van der Waals surface area contributed by atoms with E-state index in [0.29, 0.717) is 5.56 Å². The summed E-state index contributed by atoms with van der Waals surface area (Å²) in [7, 11) is 0. The molecule has 9 heteroatoms.